The predicted molar refractivity (Wildman–Crippen MR) is 40.9 cm³/mol. The van der Waals surface area contributed by atoms with Crippen molar-refractivity contribution >= 4 is 17.8 Å². The highest BCUT2D eigenvalue weighted by molar-refractivity contribution is 5.81. The van der Waals surface area contributed by atoms with Crippen molar-refractivity contribution in [3.63, 3.8) is 0 Å². The second-order valence-electron chi connectivity index (χ2n) is 1.95. The Hall–Kier alpha value is -1.59. The number of primary amides is 2. The molecule has 0 aromatic rings. The van der Waals surface area contributed by atoms with Crippen LogP contribution in [0.4, 0.5) is 0 Å². The SMILES string of the molecule is CC(=O)O.NC(=O)CCC(N)=O. The van der Waals surface area contributed by atoms with Gasteiger partial charge in [-0.1, -0.05) is 0 Å². The zero-order chi connectivity index (χ0) is 10.1. The van der Waals surface area contributed by atoms with Crippen molar-refractivity contribution in [2.45, 2.75) is 19.8 Å². The number of carbonyl (C=O) groups is 3. The Morgan fingerprint density at radius 3 is 1.33 bits per heavy atom. The molecule has 0 bridgehead atoms. The lowest BCUT2D eigenvalue weighted by Crippen LogP contribution is -2.16. The van der Waals surface area contributed by atoms with E-state index in [9.17, 15) is 9.59 Å². The zero-order valence-electron chi connectivity index (χ0n) is 6.74. The highest BCUT2D eigenvalue weighted by Gasteiger charge is 1.96. The van der Waals surface area contributed by atoms with E-state index in [2.05, 4.69) is 0 Å². The van der Waals surface area contributed by atoms with E-state index in [0.717, 1.165) is 6.92 Å². The highest BCUT2D eigenvalue weighted by Crippen LogP contribution is 1.82. The van der Waals surface area contributed by atoms with Gasteiger partial charge >= 0.3 is 0 Å². The Morgan fingerprint density at radius 2 is 1.25 bits per heavy atom. The van der Waals surface area contributed by atoms with Crippen molar-refractivity contribution in [1.82, 2.24) is 0 Å². The van der Waals surface area contributed by atoms with Crippen LogP contribution in [0.15, 0.2) is 0 Å². The van der Waals surface area contributed by atoms with Gasteiger partial charge in [-0.25, -0.2) is 0 Å². The molecule has 6 nitrogen and oxygen atoms in total. The molecule has 0 aliphatic carbocycles. The summed E-state index contributed by atoms with van der Waals surface area (Å²) in [5.74, 6) is -1.83. The molecular weight excluding hydrogens is 164 g/mol. The van der Waals surface area contributed by atoms with E-state index in [1.54, 1.807) is 0 Å². The Kier molecular flexibility index (Phi) is 8.16. The summed E-state index contributed by atoms with van der Waals surface area (Å²) in [5, 5.41) is 7.42. The van der Waals surface area contributed by atoms with Crippen LogP contribution in [0.3, 0.4) is 0 Å². The van der Waals surface area contributed by atoms with Gasteiger partial charge in [-0.2, -0.15) is 0 Å². The summed E-state index contributed by atoms with van der Waals surface area (Å²) in [6, 6.07) is 0. The second-order valence-corrected chi connectivity index (χ2v) is 1.95. The molecule has 2 amide bonds. The van der Waals surface area contributed by atoms with E-state index in [4.69, 9.17) is 21.4 Å². The Bertz CT molecular complexity index is 160. The number of nitrogens with two attached hydrogens (primary N) is 2. The number of hydrogen-bond acceptors (Lipinski definition) is 3. The lowest BCUT2D eigenvalue weighted by molar-refractivity contribution is -0.134. The van der Waals surface area contributed by atoms with Crippen molar-refractivity contribution < 1.29 is 19.5 Å². The van der Waals surface area contributed by atoms with Crippen LogP contribution in [-0.2, 0) is 14.4 Å². The Balaban J connectivity index is 0. The summed E-state index contributed by atoms with van der Waals surface area (Å²) in [7, 11) is 0. The monoisotopic (exact) mass is 176 g/mol. The van der Waals surface area contributed by atoms with Crippen LogP contribution < -0.4 is 11.5 Å². The number of aliphatic carboxylic acids is 1. The van der Waals surface area contributed by atoms with Gasteiger partial charge in [-0.05, 0) is 0 Å². The minimum absolute atomic E-state index is 0.0509. The van der Waals surface area contributed by atoms with Gasteiger partial charge in [0.1, 0.15) is 0 Å². The van der Waals surface area contributed by atoms with Crippen molar-refractivity contribution in [3.05, 3.63) is 0 Å². The van der Waals surface area contributed by atoms with Gasteiger partial charge in [0.25, 0.3) is 5.97 Å². The molecule has 0 aliphatic rings. The molecule has 12 heavy (non-hydrogen) atoms. The first-order valence-electron chi connectivity index (χ1n) is 3.12. The van der Waals surface area contributed by atoms with Gasteiger partial charge < -0.3 is 16.6 Å². The lowest BCUT2D eigenvalue weighted by Gasteiger charge is -1.87. The van der Waals surface area contributed by atoms with Gasteiger partial charge in [0.2, 0.25) is 11.8 Å². The average Bonchev–Trinajstić information content (AvgIpc) is 1.82. The fraction of sp³-hybridized carbons (Fsp3) is 0.500. The molecule has 6 heteroatoms. The fourth-order valence-corrected chi connectivity index (χ4v) is 0.246. The van der Waals surface area contributed by atoms with Crippen molar-refractivity contribution in [3.8, 4) is 0 Å². The van der Waals surface area contributed by atoms with E-state index in [-0.39, 0.29) is 12.8 Å². The first-order valence-corrected chi connectivity index (χ1v) is 3.12. The highest BCUT2D eigenvalue weighted by atomic mass is 16.4. The number of amides is 2. The van der Waals surface area contributed by atoms with Crippen LogP contribution in [0.2, 0.25) is 0 Å². The fourth-order valence-electron chi connectivity index (χ4n) is 0.246. The minimum Gasteiger partial charge on any atom is -0.481 e. The van der Waals surface area contributed by atoms with Crippen LogP contribution in [0.5, 0.6) is 0 Å². The van der Waals surface area contributed by atoms with Gasteiger partial charge in [-0.3, -0.25) is 14.4 Å². The lowest BCUT2D eigenvalue weighted by atomic mass is 10.3. The third-order valence-corrected chi connectivity index (χ3v) is 0.618. The molecule has 0 unspecified atom stereocenters. The van der Waals surface area contributed by atoms with E-state index in [1.165, 1.54) is 0 Å². The van der Waals surface area contributed by atoms with Crippen LogP contribution in [0.1, 0.15) is 19.8 Å². The molecule has 5 N–H and O–H groups in total. The molecule has 0 spiro atoms. The van der Waals surface area contributed by atoms with Crippen LogP contribution in [-0.4, -0.2) is 22.9 Å². The molecule has 0 rings (SSSR count). The maximum Gasteiger partial charge on any atom is 0.300 e. The van der Waals surface area contributed by atoms with Crippen LogP contribution in [0, 0.1) is 0 Å². The van der Waals surface area contributed by atoms with Gasteiger partial charge in [-0.15, -0.1) is 0 Å². The van der Waals surface area contributed by atoms with Crippen molar-refractivity contribution in [2.24, 2.45) is 11.5 Å². The van der Waals surface area contributed by atoms with E-state index in [1.807, 2.05) is 0 Å². The van der Waals surface area contributed by atoms with Crippen molar-refractivity contribution in [2.75, 3.05) is 0 Å². The maximum absolute atomic E-state index is 9.92. The number of hydrogen-bond donors (Lipinski definition) is 3. The maximum atomic E-state index is 9.92. The molecule has 0 aliphatic heterocycles. The zero-order valence-corrected chi connectivity index (χ0v) is 6.74. The van der Waals surface area contributed by atoms with Crippen LogP contribution in [0.25, 0.3) is 0 Å². The number of carbonyl (C=O) groups excluding carboxylic acids is 2. The number of rotatable bonds is 3. The molecule has 0 fully saturated rings. The quantitative estimate of drug-likeness (QED) is 0.501. The summed E-state index contributed by atoms with van der Waals surface area (Å²) in [6.07, 6.45) is 0.102. The molecule has 0 aromatic carbocycles. The second kappa shape index (κ2) is 7.52. The summed E-state index contributed by atoms with van der Waals surface area (Å²) in [6.45, 7) is 1.08. The van der Waals surface area contributed by atoms with E-state index >= 15 is 0 Å². The average molecular weight is 176 g/mol. The third-order valence-electron chi connectivity index (χ3n) is 0.618. The Labute approximate surface area is 69.5 Å². The molecule has 0 radical (unpaired) electrons. The molecule has 0 saturated carbocycles. The predicted octanol–water partition coefficient (Wildman–Crippen LogP) is -1.17. The molecule has 0 heterocycles. The summed E-state index contributed by atoms with van der Waals surface area (Å²) < 4.78 is 0. The van der Waals surface area contributed by atoms with Crippen LogP contribution >= 0.6 is 0 Å². The summed E-state index contributed by atoms with van der Waals surface area (Å²) >= 11 is 0. The molecule has 70 valence electrons. The largest absolute Gasteiger partial charge is 0.481 e. The standard InChI is InChI=1S/C4H8N2O2.C2H4O2/c5-3(7)1-2-4(6)8;1-2(3)4/h1-2H2,(H2,5,7)(H2,6,8);1H3,(H,3,4). The van der Waals surface area contributed by atoms with E-state index < -0.39 is 17.8 Å². The molecule has 0 aromatic heterocycles. The van der Waals surface area contributed by atoms with Gasteiger partial charge in [0, 0.05) is 19.8 Å². The summed E-state index contributed by atoms with van der Waals surface area (Å²) in [4.78, 5) is 28.8. The minimum atomic E-state index is -0.833. The molecular formula is C6H12N2O4. The molecule has 0 atom stereocenters. The van der Waals surface area contributed by atoms with Crippen molar-refractivity contribution in [1.29, 1.82) is 0 Å². The molecule has 0 saturated heterocycles. The van der Waals surface area contributed by atoms with Gasteiger partial charge in [0.15, 0.2) is 0 Å². The topological polar surface area (TPSA) is 123 Å². The first kappa shape index (κ1) is 13.0. The first-order chi connectivity index (χ1) is 5.36. The van der Waals surface area contributed by atoms with E-state index in [0.29, 0.717) is 0 Å². The number of carboxylic acid groups (broad SMARTS) is 1. The Morgan fingerprint density at radius 1 is 1.08 bits per heavy atom. The van der Waals surface area contributed by atoms with Gasteiger partial charge in [0.05, 0.1) is 0 Å². The third kappa shape index (κ3) is 39.7. The summed E-state index contributed by atoms with van der Waals surface area (Å²) in [5.41, 5.74) is 9.39. The smallest absolute Gasteiger partial charge is 0.300 e. The normalized spacial score (nSPS) is 7.75. The number of carboxylic acids is 1.